The molecule has 3 aliphatic rings. The Balaban J connectivity index is 1.30. The second-order valence-electron chi connectivity index (χ2n) is 15.8. The second-order valence-corrected chi connectivity index (χ2v) is 15.8. The van der Waals surface area contributed by atoms with Gasteiger partial charge in [-0.2, -0.15) is 0 Å². The number of likely N-dealkylation sites (tertiary alicyclic amines) is 1. The van der Waals surface area contributed by atoms with Crippen molar-refractivity contribution < 1.29 is 38.9 Å². The molecule has 3 aromatic rings. The number of rotatable bonds is 8. The Morgan fingerprint density at radius 1 is 1.00 bits per heavy atom. The highest BCUT2D eigenvalue weighted by molar-refractivity contribution is 5.98. The molecule has 3 aliphatic heterocycles. The summed E-state index contributed by atoms with van der Waals surface area (Å²) in [5, 5.41) is 26.6. The van der Waals surface area contributed by atoms with Gasteiger partial charge in [0, 0.05) is 68.1 Å². The molecule has 2 amide bonds. The fourth-order valence-electron chi connectivity index (χ4n) is 8.45. The molecule has 2 bridgehead atoms. The number of amides is 2. The van der Waals surface area contributed by atoms with Crippen LogP contribution in [0.3, 0.4) is 0 Å². The number of aromatic hydroxyl groups is 2. The molecule has 56 heavy (non-hydrogen) atoms. The van der Waals surface area contributed by atoms with Crippen molar-refractivity contribution in [3.63, 3.8) is 0 Å². The van der Waals surface area contributed by atoms with Crippen LogP contribution in [0.2, 0.25) is 0 Å². The SMILES string of the molecule is COc1ccc(C(CC(=O)NC(C(=O)N2C[C@H]3C[C@@H](C2)c2cccc(=O)n2C3)C(C)C)c2c(O)cc3c(c2O)C(=O)O[C@@H](C)CCCC(=O)CCCC=C3)cc1. The predicted octanol–water partition coefficient (Wildman–Crippen LogP) is 6.06. The Bertz CT molecular complexity index is 2040. The monoisotopic (exact) mass is 767 g/mol. The third kappa shape index (κ3) is 9.01. The zero-order chi connectivity index (χ0) is 40.1. The molecule has 0 radical (unpaired) electrons. The third-order valence-electron chi connectivity index (χ3n) is 11.3. The van der Waals surface area contributed by atoms with Crippen LogP contribution in [0.25, 0.3) is 6.08 Å². The van der Waals surface area contributed by atoms with Crippen LogP contribution in [0.5, 0.6) is 17.2 Å². The number of phenolic OH excluding ortho intramolecular Hbond substituents is 2. The van der Waals surface area contributed by atoms with E-state index in [4.69, 9.17) is 9.47 Å². The lowest BCUT2D eigenvalue weighted by atomic mass is 9.82. The predicted molar refractivity (Wildman–Crippen MR) is 211 cm³/mol. The zero-order valence-electron chi connectivity index (χ0n) is 32.7. The number of phenols is 2. The molecule has 12 nitrogen and oxygen atoms in total. The van der Waals surface area contributed by atoms with Gasteiger partial charge in [0.05, 0.1) is 13.2 Å². The molecular formula is C44H53N3O9. The van der Waals surface area contributed by atoms with Crippen molar-refractivity contribution in [2.24, 2.45) is 11.8 Å². The van der Waals surface area contributed by atoms with Crippen LogP contribution in [0.4, 0.5) is 0 Å². The maximum Gasteiger partial charge on any atom is 0.342 e. The number of carbonyl (C=O) groups excluding carboxylic acids is 4. The largest absolute Gasteiger partial charge is 0.507 e. The summed E-state index contributed by atoms with van der Waals surface area (Å²) in [7, 11) is 1.53. The molecule has 1 aromatic heterocycles. The fourth-order valence-corrected chi connectivity index (χ4v) is 8.45. The molecule has 1 fully saturated rings. The van der Waals surface area contributed by atoms with Gasteiger partial charge in [-0.15, -0.1) is 0 Å². The number of ether oxygens (including phenoxy) is 2. The number of carbonyl (C=O) groups is 4. The number of hydrogen-bond acceptors (Lipinski definition) is 9. The summed E-state index contributed by atoms with van der Waals surface area (Å²) in [5.41, 5.74) is 1.51. The van der Waals surface area contributed by atoms with Gasteiger partial charge in [-0.1, -0.05) is 44.2 Å². The molecule has 4 heterocycles. The number of benzene rings is 2. The van der Waals surface area contributed by atoms with Crippen molar-refractivity contribution in [3.8, 4) is 17.2 Å². The minimum absolute atomic E-state index is 0.0111. The van der Waals surface area contributed by atoms with E-state index < -0.39 is 35.7 Å². The molecule has 5 atom stereocenters. The lowest BCUT2D eigenvalue weighted by molar-refractivity contribution is -0.140. The van der Waals surface area contributed by atoms with Crippen LogP contribution in [-0.2, 0) is 25.7 Å². The molecule has 2 aromatic carbocycles. The lowest BCUT2D eigenvalue weighted by Gasteiger charge is -2.44. The van der Waals surface area contributed by atoms with Crippen LogP contribution in [-0.4, -0.2) is 75.6 Å². The molecular weight excluding hydrogens is 714 g/mol. The highest BCUT2D eigenvalue weighted by Crippen LogP contribution is 2.44. The van der Waals surface area contributed by atoms with Gasteiger partial charge >= 0.3 is 5.97 Å². The fraction of sp³-hybridized carbons (Fsp3) is 0.477. The Morgan fingerprint density at radius 2 is 1.75 bits per heavy atom. The van der Waals surface area contributed by atoms with Gasteiger partial charge in [0.1, 0.15) is 34.6 Å². The van der Waals surface area contributed by atoms with Crippen LogP contribution >= 0.6 is 0 Å². The number of allylic oxidation sites excluding steroid dienone is 1. The second kappa shape index (κ2) is 17.6. The normalized spacial score (nSPS) is 21.2. The number of pyridine rings is 1. The number of nitrogens with one attached hydrogen (secondary N) is 1. The lowest BCUT2D eigenvalue weighted by Crippen LogP contribution is -2.56. The van der Waals surface area contributed by atoms with Gasteiger partial charge in [-0.25, -0.2) is 4.79 Å². The average Bonchev–Trinajstić information content (AvgIpc) is 3.16. The number of fused-ring (bicyclic) bond motifs is 5. The number of piperidine rings is 1. The summed E-state index contributed by atoms with van der Waals surface area (Å²) in [6, 6.07) is 12.6. The molecule has 0 spiro atoms. The highest BCUT2D eigenvalue weighted by Gasteiger charge is 2.39. The van der Waals surface area contributed by atoms with Gasteiger partial charge in [-0.3, -0.25) is 19.2 Å². The van der Waals surface area contributed by atoms with Crippen molar-refractivity contribution in [1.29, 1.82) is 0 Å². The zero-order valence-corrected chi connectivity index (χ0v) is 32.7. The summed E-state index contributed by atoms with van der Waals surface area (Å²) in [6.45, 7) is 6.91. The molecule has 298 valence electrons. The molecule has 12 heteroatoms. The van der Waals surface area contributed by atoms with Crippen LogP contribution < -0.4 is 15.6 Å². The number of nitrogens with zero attached hydrogens (tertiary/aromatic N) is 2. The summed E-state index contributed by atoms with van der Waals surface area (Å²) in [5.74, 6) is -2.70. The Kier molecular flexibility index (Phi) is 12.7. The number of methoxy groups -OCH3 is 1. The molecule has 0 aliphatic carbocycles. The Hall–Kier alpha value is -5.39. The van der Waals surface area contributed by atoms with Crippen LogP contribution in [0, 0.1) is 11.8 Å². The van der Waals surface area contributed by atoms with Crippen molar-refractivity contribution in [1.82, 2.24) is 14.8 Å². The standard InChI is InChI=1S/C44H53N3O9/c1-26(2)41(43(53)46-23-28-20-31(25-46)35-14-9-15-38(51)47(35)24-28)45-37(50)22-34(29-16-18-33(55-4)19-17-29)40-36(49)21-30-11-6-5-7-12-32(48)13-8-10-27(3)56-44(54)39(30)42(40)52/h6,9,11,14-19,21,26-28,31,34,41,49,52H,5,7-8,10,12-13,20,22-25H2,1-4H3,(H,45,50)/t27-,28+,31-,34?,41?/m0/s1. The van der Waals surface area contributed by atoms with Gasteiger partial charge < -0.3 is 34.5 Å². The van der Waals surface area contributed by atoms with E-state index in [0.717, 1.165) is 12.1 Å². The molecule has 0 saturated carbocycles. The first-order chi connectivity index (χ1) is 26.8. The highest BCUT2D eigenvalue weighted by atomic mass is 16.5. The van der Waals surface area contributed by atoms with E-state index in [1.807, 2.05) is 24.5 Å². The average molecular weight is 768 g/mol. The van der Waals surface area contributed by atoms with Crippen LogP contribution in [0.15, 0.2) is 59.4 Å². The number of cyclic esters (lactones) is 1. The number of Topliss-reactive ketones (excluding diaryl/α,β-unsaturated/α-hetero) is 1. The number of hydrogen-bond donors (Lipinski definition) is 3. The first-order valence-electron chi connectivity index (χ1n) is 19.7. The topological polar surface area (TPSA) is 164 Å². The smallest absolute Gasteiger partial charge is 0.342 e. The van der Waals surface area contributed by atoms with Crippen molar-refractivity contribution in [3.05, 3.63) is 92.9 Å². The minimum atomic E-state index is -0.952. The van der Waals surface area contributed by atoms with E-state index in [2.05, 4.69) is 5.32 Å². The van der Waals surface area contributed by atoms with Crippen LogP contribution in [0.1, 0.15) is 117 Å². The summed E-state index contributed by atoms with van der Waals surface area (Å²) in [4.78, 5) is 68.8. The van der Waals surface area contributed by atoms with Gasteiger partial charge in [0.2, 0.25) is 11.8 Å². The Labute approximate surface area is 327 Å². The number of aromatic nitrogens is 1. The van der Waals surface area contributed by atoms with Gasteiger partial charge in [0.25, 0.3) is 5.56 Å². The number of esters is 1. The summed E-state index contributed by atoms with van der Waals surface area (Å²) >= 11 is 0. The maximum atomic E-state index is 14.2. The molecule has 1 saturated heterocycles. The number of ketones is 1. The van der Waals surface area contributed by atoms with E-state index in [9.17, 15) is 34.2 Å². The van der Waals surface area contributed by atoms with E-state index in [0.29, 0.717) is 69.5 Å². The molecule has 6 rings (SSSR count). The summed E-state index contributed by atoms with van der Waals surface area (Å²) < 4.78 is 12.9. The first kappa shape index (κ1) is 40.3. The summed E-state index contributed by atoms with van der Waals surface area (Å²) in [6.07, 6.45) is 6.52. The van der Waals surface area contributed by atoms with Crippen molar-refractivity contribution >= 4 is 29.6 Å². The van der Waals surface area contributed by atoms with Gasteiger partial charge in [0.15, 0.2) is 0 Å². The third-order valence-corrected chi connectivity index (χ3v) is 11.3. The van der Waals surface area contributed by atoms with Crippen molar-refractivity contribution in [2.75, 3.05) is 20.2 Å². The Morgan fingerprint density at radius 3 is 2.48 bits per heavy atom. The van der Waals surface area contributed by atoms with Gasteiger partial charge in [-0.05, 0) is 86.3 Å². The van der Waals surface area contributed by atoms with E-state index in [1.54, 1.807) is 60.4 Å². The first-order valence-corrected chi connectivity index (χ1v) is 19.7. The van der Waals surface area contributed by atoms with E-state index in [-0.39, 0.29) is 63.9 Å². The molecule has 2 unspecified atom stereocenters. The minimum Gasteiger partial charge on any atom is -0.507 e. The maximum absolute atomic E-state index is 14.2. The van der Waals surface area contributed by atoms with Crippen molar-refractivity contribution in [2.45, 2.75) is 103 Å². The van der Waals surface area contributed by atoms with E-state index >= 15 is 0 Å². The quantitative estimate of drug-likeness (QED) is 0.231. The van der Waals surface area contributed by atoms with E-state index in [1.165, 1.54) is 13.2 Å². The molecule has 3 N–H and O–H groups in total.